The van der Waals surface area contributed by atoms with Crippen molar-refractivity contribution >= 4 is 52.2 Å². The SMILES string of the molecule is COc1cc(OC)cc(C(=O)Nc2nc(-c3ccccc3)c(N3CCN(C)CC3)s2)c1.Cl.Cl. The summed E-state index contributed by atoms with van der Waals surface area (Å²) in [6, 6.07) is 15.2. The molecule has 1 amide bonds. The maximum Gasteiger partial charge on any atom is 0.257 e. The van der Waals surface area contributed by atoms with E-state index in [1.165, 1.54) is 11.3 Å². The van der Waals surface area contributed by atoms with Gasteiger partial charge in [-0.15, -0.1) is 24.8 Å². The Bertz CT molecular complexity index is 1030. The van der Waals surface area contributed by atoms with Crippen molar-refractivity contribution in [3.63, 3.8) is 0 Å². The molecule has 0 radical (unpaired) electrons. The number of halogens is 2. The van der Waals surface area contributed by atoms with Crippen molar-refractivity contribution in [2.75, 3.05) is 57.7 Å². The third-order valence-electron chi connectivity index (χ3n) is 5.28. The van der Waals surface area contributed by atoms with Gasteiger partial charge in [0.05, 0.1) is 14.2 Å². The summed E-state index contributed by atoms with van der Waals surface area (Å²) in [6.45, 7) is 3.85. The highest BCUT2D eigenvalue weighted by Crippen LogP contribution is 2.39. The van der Waals surface area contributed by atoms with E-state index in [2.05, 4.69) is 22.2 Å². The zero-order chi connectivity index (χ0) is 21.8. The fraction of sp³-hybridized carbons (Fsp3) is 0.304. The van der Waals surface area contributed by atoms with Gasteiger partial charge in [-0.05, 0) is 19.2 Å². The Kier molecular flexibility index (Phi) is 9.79. The van der Waals surface area contributed by atoms with Crippen LogP contribution < -0.4 is 19.7 Å². The van der Waals surface area contributed by atoms with E-state index in [0.717, 1.165) is 42.4 Å². The Labute approximate surface area is 210 Å². The summed E-state index contributed by atoms with van der Waals surface area (Å²) in [5.74, 6) is 0.869. The first-order valence-corrected chi connectivity index (χ1v) is 10.9. The third kappa shape index (κ3) is 6.29. The number of amides is 1. The van der Waals surface area contributed by atoms with Crippen LogP contribution in [0.3, 0.4) is 0 Å². The zero-order valence-corrected chi connectivity index (χ0v) is 21.2. The van der Waals surface area contributed by atoms with Gasteiger partial charge in [0.1, 0.15) is 22.2 Å². The molecule has 4 rings (SSSR count). The Balaban J connectivity index is 0.00000193. The summed E-state index contributed by atoms with van der Waals surface area (Å²) < 4.78 is 10.6. The van der Waals surface area contributed by atoms with Crippen molar-refractivity contribution in [1.29, 1.82) is 0 Å². The van der Waals surface area contributed by atoms with E-state index in [9.17, 15) is 4.79 Å². The number of carbonyl (C=O) groups is 1. The van der Waals surface area contributed by atoms with Crippen LogP contribution in [-0.4, -0.2) is 63.2 Å². The van der Waals surface area contributed by atoms with Crippen LogP contribution in [0, 0.1) is 0 Å². The van der Waals surface area contributed by atoms with Crippen LogP contribution >= 0.6 is 36.2 Å². The topological polar surface area (TPSA) is 66.9 Å². The van der Waals surface area contributed by atoms with E-state index >= 15 is 0 Å². The second-order valence-corrected chi connectivity index (χ2v) is 8.36. The second kappa shape index (κ2) is 12.1. The Hall–Kier alpha value is -2.52. The number of thiazole rings is 1. The average molecular weight is 511 g/mol. The molecule has 33 heavy (non-hydrogen) atoms. The van der Waals surface area contributed by atoms with E-state index in [1.807, 2.05) is 30.3 Å². The summed E-state index contributed by atoms with van der Waals surface area (Å²) in [4.78, 5) is 22.4. The van der Waals surface area contributed by atoms with Gasteiger partial charge in [0.2, 0.25) is 0 Å². The number of likely N-dealkylation sites (N-methyl/N-ethyl adjacent to an activating group) is 1. The lowest BCUT2D eigenvalue weighted by molar-refractivity contribution is 0.102. The Morgan fingerprint density at radius 2 is 1.58 bits per heavy atom. The van der Waals surface area contributed by atoms with Crippen LogP contribution in [0.2, 0.25) is 0 Å². The fourth-order valence-corrected chi connectivity index (χ4v) is 4.52. The summed E-state index contributed by atoms with van der Waals surface area (Å²) in [5, 5.41) is 4.61. The predicted octanol–water partition coefficient (Wildman–Crippen LogP) is 4.68. The molecule has 0 aliphatic carbocycles. The van der Waals surface area contributed by atoms with E-state index in [1.54, 1.807) is 32.4 Å². The Morgan fingerprint density at radius 1 is 0.970 bits per heavy atom. The normalized spacial score (nSPS) is 13.5. The monoisotopic (exact) mass is 510 g/mol. The number of rotatable bonds is 6. The molecule has 1 N–H and O–H groups in total. The summed E-state index contributed by atoms with van der Waals surface area (Å²) in [5.41, 5.74) is 2.39. The van der Waals surface area contributed by atoms with Crippen LogP contribution in [0.15, 0.2) is 48.5 Å². The van der Waals surface area contributed by atoms with Crippen LogP contribution in [0.5, 0.6) is 11.5 Å². The van der Waals surface area contributed by atoms with Gasteiger partial charge < -0.3 is 19.3 Å². The average Bonchev–Trinajstić information content (AvgIpc) is 3.23. The largest absolute Gasteiger partial charge is 0.497 e. The zero-order valence-electron chi connectivity index (χ0n) is 18.7. The van der Waals surface area contributed by atoms with Crippen molar-refractivity contribution in [2.24, 2.45) is 0 Å². The molecule has 1 aliphatic rings. The van der Waals surface area contributed by atoms with Crippen molar-refractivity contribution in [3.8, 4) is 22.8 Å². The van der Waals surface area contributed by atoms with Gasteiger partial charge in [-0.3, -0.25) is 10.1 Å². The third-order valence-corrected chi connectivity index (χ3v) is 6.31. The molecule has 2 heterocycles. The maximum absolute atomic E-state index is 13.0. The minimum atomic E-state index is -0.254. The van der Waals surface area contributed by atoms with Gasteiger partial charge in [0, 0.05) is 43.4 Å². The molecule has 178 valence electrons. The highest BCUT2D eigenvalue weighted by atomic mass is 35.5. The van der Waals surface area contributed by atoms with Gasteiger partial charge >= 0.3 is 0 Å². The summed E-state index contributed by atoms with van der Waals surface area (Å²) >= 11 is 1.51. The quantitative estimate of drug-likeness (QED) is 0.519. The number of carbonyl (C=O) groups excluding carboxylic acids is 1. The molecule has 1 fully saturated rings. The molecule has 1 aromatic heterocycles. The number of hydrogen-bond donors (Lipinski definition) is 1. The van der Waals surface area contributed by atoms with Crippen LogP contribution in [0.1, 0.15) is 10.4 Å². The molecule has 0 saturated carbocycles. The molecule has 0 atom stereocenters. The first-order chi connectivity index (χ1) is 15.1. The number of piperazine rings is 1. The number of hydrogen-bond acceptors (Lipinski definition) is 7. The van der Waals surface area contributed by atoms with Gasteiger partial charge in [0.15, 0.2) is 5.13 Å². The lowest BCUT2D eigenvalue weighted by atomic mass is 10.1. The highest BCUT2D eigenvalue weighted by molar-refractivity contribution is 7.20. The van der Waals surface area contributed by atoms with Crippen molar-refractivity contribution in [1.82, 2.24) is 9.88 Å². The number of methoxy groups -OCH3 is 2. The molecular weight excluding hydrogens is 483 g/mol. The van der Waals surface area contributed by atoms with E-state index in [-0.39, 0.29) is 30.7 Å². The fourth-order valence-electron chi connectivity index (χ4n) is 3.48. The van der Waals surface area contributed by atoms with Crippen molar-refractivity contribution < 1.29 is 14.3 Å². The minimum absolute atomic E-state index is 0. The van der Waals surface area contributed by atoms with Crippen LogP contribution in [0.25, 0.3) is 11.3 Å². The van der Waals surface area contributed by atoms with E-state index < -0.39 is 0 Å². The highest BCUT2D eigenvalue weighted by Gasteiger charge is 2.23. The van der Waals surface area contributed by atoms with Gasteiger partial charge in [-0.2, -0.15) is 0 Å². The van der Waals surface area contributed by atoms with Gasteiger partial charge in [-0.1, -0.05) is 41.7 Å². The second-order valence-electron chi connectivity index (χ2n) is 7.38. The smallest absolute Gasteiger partial charge is 0.257 e. The van der Waals surface area contributed by atoms with Crippen LogP contribution in [-0.2, 0) is 0 Å². The lowest BCUT2D eigenvalue weighted by Gasteiger charge is -2.33. The van der Waals surface area contributed by atoms with E-state index in [4.69, 9.17) is 14.5 Å². The number of anilines is 2. The molecule has 2 aromatic carbocycles. The molecule has 3 aromatic rings. The molecule has 0 spiro atoms. The molecular formula is C23H28Cl2N4O3S. The van der Waals surface area contributed by atoms with E-state index in [0.29, 0.717) is 22.2 Å². The first kappa shape index (κ1) is 26.7. The number of benzene rings is 2. The summed E-state index contributed by atoms with van der Waals surface area (Å²) in [6.07, 6.45) is 0. The van der Waals surface area contributed by atoms with Gasteiger partial charge in [-0.25, -0.2) is 4.98 Å². The molecule has 10 heteroatoms. The molecule has 7 nitrogen and oxygen atoms in total. The first-order valence-electron chi connectivity index (χ1n) is 10.1. The van der Waals surface area contributed by atoms with Gasteiger partial charge in [0.25, 0.3) is 5.91 Å². The molecule has 0 unspecified atom stereocenters. The van der Waals surface area contributed by atoms with Crippen molar-refractivity contribution in [2.45, 2.75) is 0 Å². The lowest BCUT2D eigenvalue weighted by Crippen LogP contribution is -2.44. The number of ether oxygens (including phenoxy) is 2. The number of aromatic nitrogens is 1. The molecule has 1 saturated heterocycles. The minimum Gasteiger partial charge on any atom is -0.497 e. The van der Waals surface area contributed by atoms with Crippen molar-refractivity contribution in [3.05, 3.63) is 54.1 Å². The maximum atomic E-state index is 13.0. The summed E-state index contributed by atoms with van der Waals surface area (Å²) in [7, 11) is 5.26. The molecule has 1 aliphatic heterocycles. The Morgan fingerprint density at radius 3 is 2.15 bits per heavy atom. The standard InChI is InChI=1S/C23H26N4O3S.2ClH/c1-26-9-11-27(12-10-26)22-20(16-7-5-4-6-8-16)24-23(31-22)25-21(28)17-13-18(29-2)15-19(14-17)30-3;;/h4-8,13-15H,9-12H2,1-3H3,(H,24,25,28);2*1H. The van der Waals surface area contributed by atoms with Crippen LogP contribution in [0.4, 0.5) is 10.1 Å². The predicted molar refractivity (Wildman–Crippen MR) is 139 cm³/mol. The number of nitrogens with zero attached hydrogens (tertiary/aromatic N) is 3. The molecule has 0 bridgehead atoms. The number of nitrogens with one attached hydrogen (secondary N) is 1.